The lowest BCUT2D eigenvalue weighted by atomic mass is 9.82. The van der Waals surface area contributed by atoms with Crippen molar-refractivity contribution in [3.05, 3.63) is 119 Å². The number of hydrazine groups is 1. The predicted molar refractivity (Wildman–Crippen MR) is 179 cm³/mol. The van der Waals surface area contributed by atoms with Crippen molar-refractivity contribution < 1.29 is 33.6 Å². The molecule has 0 fully saturated rings. The maximum absolute atomic E-state index is 14.4. The van der Waals surface area contributed by atoms with Crippen LogP contribution in [0.15, 0.2) is 102 Å². The minimum Gasteiger partial charge on any atom is -0.497 e. The number of aliphatic imine (C=N–C) groups is 1. The molecule has 1 aliphatic rings. The van der Waals surface area contributed by atoms with Gasteiger partial charge in [-0.15, -0.1) is 0 Å². The van der Waals surface area contributed by atoms with E-state index in [1.54, 1.807) is 21.3 Å². The summed E-state index contributed by atoms with van der Waals surface area (Å²) in [6, 6.07) is 30.4. The number of hydrogen-bond acceptors (Lipinski definition) is 9. The van der Waals surface area contributed by atoms with Crippen LogP contribution in [0.1, 0.15) is 34.8 Å². The Labute approximate surface area is 275 Å². The van der Waals surface area contributed by atoms with Gasteiger partial charge in [0.25, 0.3) is 5.91 Å². The van der Waals surface area contributed by atoms with Gasteiger partial charge in [0.2, 0.25) is 5.90 Å². The third-order valence-corrected chi connectivity index (χ3v) is 7.93. The van der Waals surface area contributed by atoms with Gasteiger partial charge >= 0.3 is 0 Å². The molecule has 0 unspecified atom stereocenters. The molecule has 4 aromatic carbocycles. The molecule has 10 nitrogen and oxygen atoms in total. The van der Waals surface area contributed by atoms with E-state index in [4.69, 9.17) is 33.8 Å². The van der Waals surface area contributed by atoms with E-state index in [9.17, 15) is 4.79 Å². The number of amides is 1. The van der Waals surface area contributed by atoms with Crippen LogP contribution >= 0.6 is 0 Å². The van der Waals surface area contributed by atoms with Gasteiger partial charge in [-0.25, -0.2) is 10.4 Å². The molecule has 5 rings (SSSR count). The summed E-state index contributed by atoms with van der Waals surface area (Å²) in [5.74, 6) is 2.62. The number of benzene rings is 4. The van der Waals surface area contributed by atoms with Gasteiger partial charge in [0.15, 0.2) is 23.1 Å². The first-order chi connectivity index (χ1) is 23.0. The quantitative estimate of drug-likeness (QED) is 0.118. The number of carbonyl (C=O) groups excluding carboxylic acids is 1. The highest BCUT2D eigenvalue weighted by Crippen LogP contribution is 2.43. The van der Waals surface area contributed by atoms with Gasteiger partial charge in [-0.3, -0.25) is 10.2 Å². The molecule has 1 heterocycles. The van der Waals surface area contributed by atoms with Crippen molar-refractivity contribution in [1.29, 1.82) is 0 Å². The van der Waals surface area contributed by atoms with Crippen LogP contribution in [0.4, 0.5) is 0 Å². The van der Waals surface area contributed by atoms with Gasteiger partial charge in [-0.05, 0) is 71.6 Å². The number of hydrogen-bond donors (Lipinski definition) is 3. The second-order valence-electron chi connectivity index (χ2n) is 11.0. The molecule has 0 saturated heterocycles. The normalized spacial score (nSPS) is 16.9. The van der Waals surface area contributed by atoms with Crippen molar-refractivity contribution in [2.24, 2.45) is 4.99 Å². The number of ether oxygens (including phenoxy) is 5. The Morgan fingerprint density at radius 1 is 0.851 bits per heavy atom. The van der Waals surface area contributed by atoms with Crippen molar-refractivity contribution in [1.82, 2.24) is 10.9 Å². The Hall–Kier alpha value is -5.06. The van der Waals surface area contributed by atoms with E-state index < -0.39 is 11.6 Å². The Morgan fingerprint density at radius 3 is 2.36 bits per heavy atom. The molecule has 1 amide bonds. The Bertz CT molecular complexity index is 1650. The fraction of sp³-hybridized carbons (Fsp3) is 0.297. The maximum Gasteiger partial charge on any atom is 0.266 e. The van der Waals surface area contributed by atoms with E-state index in [-0.39, 0.29) is 18.9 Å². The number of aliphatic hydroxyl groups is 1. The van der Waals surface area contributed by atoms with Crippen LogP contribution in [0.5, 0.6) is 23.0 Å². The third kappa shape index (κ3) is 8.03. The molecular formula is C37H41N3O7. The molecule has 0 radical (unpaired) electrons. The lowest BCUT2D eigenvalue weighted by Gasteiger charge is -2.31. The van der Waals surface area contributed by atoms with Crippen LogP contribution in [-0.4, -0.2) is 63.5 Å². The molecule has 3 N–H and O–H groups in total. The molecule has 0 spiro atoms. The second-order valence-corrected chi connectivity index (χ2v) is 11.0. The van der Waals surface area contributed by atoms with Crippen LogP contribution in [0.2, 0.25) is 0 Å². The number of methoxy groups -OCH3 is 3. The van der Waals surface area contributed by atoms with Gasteiger partial charge < -0.3 is 28.8 Å². The molecule has 0 saturated carbocycles. The predicted octanol–water partition coefficient (Wildman–Crippen LogP) is 4.84. The molecule has 246 valence electrons. The molecule has 0 aliphatic carbocycles. The summed E-state index contributed by atoms with van der Waals surface area (Å²) in [4.78, 5) is 19.5. The van der Waals surface area contributed by atoms with Crippen LogP contribution in [0.25, 0.3) is 0 Å². The van der Waals surface area contributed by atoms with E-state index in [0.29, 0.717) is 60.5 Å². The maximum atomic E-state index is 14.4. The molecule has 2 atom stereocenters. The van der Waals surface area contributed by atoms with E-state index in [1.165, 1.54) is 0 Å². The topological polar surface area (TPSA) is 120 Å². The van der Waals surface area contributed by atoms with Gasteiger partial charge in [0, 0.05) is 31.6 Å². The minimum absolute atomic E-state index is 0.0606. The van der Waals surface area contributed by atoms with E-state index >= 15 is 0 Å². The first-order valence-corrected chi connectivity index (χ1v) is 15.5. The van der Waals surface area contributed by atoms with Gasteiger partial charge in [0.05, 0.1) is 27.9 Å². The number of aliphatic hydroxyl groups excluding tert-OH is 1. The van der Waals surface area contributed by atoms with E-state index in [1.807, 2.05) is 97.1 Å². The molecular weight excluding hydrogens is 598 g/mol. The van der Waals surface area contributed by atoms with Crippen molar-refractivity contribution in [2.45, 2.75) is 30.9 Å². The average molecular weight is 640 g/mol. The Morgan fingerprint density at radius 2 is 1.64 bits per heavy atom. The summed E-state index contributed by atoms with van der Waals surface area (Å²) < 4.78 is 28.6. The van der Waals surface area contributed by atoms with Crippen LogP contribution in [0, 0.1) is 0 Å². The first-order valence-electron chi connectivity index (χ1n) is 15.5. The molecule has 47 heavy (non-hydrogen) atoms. The highest BCUT2D eigenvalue weighted by atomic mass is 16.5. The fourth-order valence-corrected chi connectivity index (χ4v) is 5.49. The van der Waals surface area contributed by atoms with Gasteiger partial charge in [0.1, 0.15) is 11.5 Å². The van der Waals surface area contributed by atoms with Gasteiger partial charge in [-0.1, -0.05) is 48.5 Å². The molecule has 0 bridgehead atoms. The zero-order chi connectivity index (χ0) is 33.1. The summed E-state index contributed by atoms with van der Waals surface area (Å²) in [5, 5.41) is 9.07. The monoisotopic (exact) mass is 639 g/mol. The summed E-state index contributed by atoms with van der Waals surface area (Å²) in [5.41, 5.74) is 8.10. The summed E-state index contributed by atoms with van der Waals surface area (Å²) in [6.45, 7) is 0.928. The highest BCUT2D eigenvalue weighted by molar-refractivity contribution is 6.01. The summed E-state index contributed by atoms with van der Waals surface area (Å²) in [7, 11) is 4.81. The lowest BCUT2D eigenvalue weighted by Crippen LogP contribution is -2.54. The molecule has 1 aliphatic heterocycles. The number of rotatable bonds is 16. The summed E-state index contributed by atoms with van der Waals surface area (Å²) in [6.07, 6.45) is 0.689. The average Bonchev–Trinajstić information content (AvgIpc) is 3.51. The highest BCUT2D eigenvalue weighted by Gasteiger charge is 2.53. The molecule has 0 aromatic heterocycles. The zero-order valence-corrected chi connectivity index (χ0v) is 26.9. The van der Waals surface area contributed by atoms with Crippen molar-refractivity contribution in [3.8, 4) is 23.0 Å². The van der Waals surface area contributed by atoms with Crippen LogP contribution in [-0.2, 0) is 22.4 Å². The van der Waals surface area contributed by atoms with Crippen molar-refractivity contribution in [3.63, 3.8) is 0 Å². The van der Waals surface area contributed by atoms with Gasteiger partial charge in [-0.2, -0.15) is 0 Å². The molecule has 4 aromatic rings. The van der Waals surface area contributed by atoms with E-state index in [0.717, 1.165) is 16.7 Å². The largest absolute Gasteiger partial charge is 0.497 e. The SMILES string of the molecule is COc1cccc([C@@H]2OC(c3ccc(OCCCO)cc3)=N[C@]2(Cc2ccccc2)C(=O)NNCCc2ccc(OC)c(OC)c2)c1. The number of nitrogens with zero attached hydrogens (tertiary/aromatic N) is 1. The van der Waals surface area contributed by atoms with Crippen LogP contribution < -0.4 is 29.8 Å². The van der Waals surface area contributed by atoms with Crippen molar-refractivity contribution >= 4 is 11.8 Å². The number of nitrogens with one attached hydrogen (secondary N) is 2. The third-order valence-electron chi connectivity index (χ3n) is 7.93. The first kappa shape index (κ1) is 33.3. The fourth-order valence-electron chi connectivity index (χ4n) is 5.49. The smallest absolute Gasteiger partial charge is 0.266 e. The second kappa shape index (κ2) is 16.0. The summed E-state index contributed by atoms with van der Waals surface area (Å²) >= 11 is 0. The zero-order valence-electron chi connectivity index (χ0n) is 26.9. The molecule has 10 heteroatoms. The van der Waals surface area contributed by atoms with Crippen molar-refractivity contribution in [2.75, 3.05) is 41.1 Å². The van der Waals surface area contributed by atoms with E-state index in [2.05, 4.69) is 10.9 Å². The Balaban J connectivity index is 1.45. The Kier molecular flexibility index (Phi) is 11.3. The standard InChI is InChI=1S/C37H41N3O7/c1-43-31-12-7-11-29(24-31)34-37(25-27-9-5-4-6-10-27,39-35(47-34)28-14-16-30(17-15-28)46-22-8-21-41)36(42)40-38-20-19-26-13-18-32(44-2)33(23-26)45-3/h4-7,9-18,23-24,34,38,41H,8,19-22,25H2,1-3H3,(H,40,42)/t34-,37-/m0/s1. The van der Waals surface area contributed by atoms with Crippen LogP contribution in [0.3, 0.4) is 0 Å². The minimum atomic E-state index is -1.37. The number of carbonyl (C=O) groups is 1. The lowest BCUT2D eigenvalue weighted by molar-refractivity contribution is -0.130.